The largest absolute Gasteiger partial charge is 0.477 e. The minimum Gasteiger partial charge on any atom is -0.477 e. The molecule has 2 rings (SSSR count). The maximum absolute atomic E-state index is 12.0. The van der Waals surface area contributed by atoms with Gasteiger partial charge in [0.1, 0.15) is 4.88 Å². The number of carbonyl (C=O) groups is 1. The number of thiophene rings is 1. The van der Waals surface area contributed by atoms with Crippen molar-refractivity contribution in [2.24, 2.45) is 0 Å². The first-order chi connectivity index (χ1) is 8.88. The fourth-order valence-electron chi connectivity index (χ4n) is 1.34. The zero-order valence-corrected chi connectivity index (χ0v) is 13.1. The number of anilines is 1. The topological polar surface area (TPSA) is 83.5 Å². The smallest absolute Gasteiger partial charge is 0.345 e. The van der Waals surface area contributed by atoms with Gasteiger partial charge in [0, 0.05) is 14.6 Å². The van der Waals surface area contributed by atoms with Crippen molar-refractivity contribution in [3.05, 3.63) is 44.2 Å². The van der Waals surface area contributed by atoms with Crippen LogP contribution in [0.15, 0.2) is 40.6 Å². The van der Waals surface area contributed by atoms with Crippen molar-refractivity contribution in [1.82, 2.24) is 0 Å². The predicted molar refractivity (Wildman–Crippen MR) is 81.2 cm³/mol. The zero-order chi connectivity index (χ0) is 14.0. The SMILES string of the molecule is O=C(O)c1cc(S(=O)(=O)Nc2cccc(I)c2)cs1. The van der Waals surface area contributed by atoms with Crippen LogP contribution in [0, 0.1) is 3.57 Å². The van der Waals surface area contributed by atoms with Gasteiger partial charge in [-0.2, -0.15) is 0 Å². The van der Waals surface area contributed by atoms with Crippen molar-refractivity contribution < 1.29 is 18.3 Å². The van der Waals surface area contributed by atoms with Crippen LogP contribution in [-0.2, 0) is 10.0 Å². The standard InChI is InChI=1S/C11H8INO4S2/c12-7-2-1-3-8(4-7)13-19(16,17)9-5-10(11(14)15)18-6-9/h1-6,13H,(H,14,15). The Balaban J connectivity index is 2.29. The predicted octanol–water partition coefficient (Wildman–Crippen LogP) is 2.85. The lowest BCUT2D eigenvalue weighted by atomic mass is 10.3. The second-order valence-electron chi connectivity index (χ2n) is 3.57. The maximum atomic E-state index is 12.0. The number of benzene rings is 1. The second-order valence-corrected chi connectivity index (χ2v) is 7.41. The van der Waals surface area contributed by atoms with Crippen molar-refractivity contribution in [2.45, 2.75) is 4.90 Å². The van der Waals surface area contributed by atoms with E-state index in [1.54, 1.807) is 18.2 Å². The van der Waals surface area contributed by atoms with Crippen molar-refractivity contribution in [1.29, 1.82) is 0 Å². The Labute approximate surface area is 127 Å². The van der Waals surface area contributed by atoms with Crippen molar-refractivity contribution in [3.8, 4) is 0 Å². The summed E-state index contributed by atoms with van der Waals surface area (Å²) in [6.07, 6.45) is 0. The quantitative estimate of drug-likeness (QED) is 0.761. The van der Waals surface area contributed by atoms with Crippen molar-refractivity contribution in [2.75, 3.05) is 4.72 Å². The molecule has 0 bridgehead atoms. The number of rotatable bonds is 4. The lowest BCUT2D eigenvalue weighted by molar-refractivity contribution is 0.0702. The Morgan fingerprint density at radius 1 is 1.32 bits per heavy atom. The molecule has 0 radical (unpaired) electrons. The summed E-state index contributed by atoms with van der Waals surface area (Å²) in [7, 11) is -3.75. The molecule has 2 aromatic rings. The molecule has 0 saturated carbocycles. The molecule has 0 fully saturated rings. The van der Waals surface area contributed by atoms with E-state index in [9.17, 15) is 13.2 Å². The molecular formula is C11H8INO4S2. The fourth-order valence-corrected chi connectivity index (χ4v) is 4.04. The van der Waals surface area contributed by atoms with E-state index in [1.807, 2.05) is 6.07 Å². The molecule has 1 heterocycles. The van der Waals surface area contributed by atoms with Crippen LogP contribution in [0.25, 0.3) is 0 Å². The Hall–Kier alpha value is -1.13. The van der Waals surface area contributed by atoms with E-state index in [-0.39, 0.29) is 9.77 Å². The van der Waals surface area contributed by atoms with E-state index >= 15 is 0 Å². The molecule has 19 heavy (non-hydrogen) atoms. The van der Waals surface area contributed by atoms with Crippen LogP contribution in [0.5, 0.6) is 0 Å². The third-order valence-corrected chi connectivity index (χ3v) is 5.27. The van der Waals surface area contributed by atoms with Gasteiger partial charge in [-0.05, 0) is 46.9 Å². The van der Waals surface area contributed by atoms with Gasteiger partial charge in [-0.15, -0.1) is 11.3 Å². The molecule has 2 N–H and O–H groups in total. The highest BCUT2D eigenvalue weighted by atomic mass is 127. The van der Waals surface area contributed by atoms with Gasteiger partial charge in [-0.25, -0.2) is 13.2 Å². The van der Waals surface area contributed by atoms with Gasteiger partial charge < -0.3 is 5.11 Å². The first-order valence-electron chi connectivity index (χ1n) is 4.99. The fraction of sp³-hybridized carbons (Fsp3) is 0. The lowest BCUT2D eigenvalue weighted by Gasteiger charge is -2.06. The third kappa shape index (κ3) is 3.45. The van der Waals surface area contributed by atoms with E-state index in [0.717, 1.165) is 21.0 Å². The summed E-state index contributed by atoms with van der Waals surface area (Å²) >= 11 is 2.95. The molecule has 0 atom stereocenters. The van der Waals surface area contributed by atoms with Gasteiger partial charge in [-0.3, -0.25) is 4.72 Å². The number of carboxylic acids is 1. The molecule has 1 aromatic carbocycles. The molecule has 5 nitrogen and oxygen atoms in total. The minimum absolute atomic E-state index is 0.0111. The second kappa shape index (κ2) is 5.47. The highest BCUT2D eigenvalue weighted by Crippen LogP contribution is 2.22. The zero-order valence-electron chi connectivity index (χ0n) is 9.33. The molecule has 0 aliphatic carbocycles. The third-order valence-electron chi connectivity index (χ3n) is 2.17. The van der Waals surface area contributed by atoms with Gasteiger partial charge in [0.15, 0.2) is 0 Å². The lowest BCUT2D eigenvalue weighted by Crippen LogP contribution is -2.12. The van der Waals surface area contributed by atoms with E-state index in [1.165, 1.54) is 5.38 Å². The molecule has 8 heteroatoms. The van der Waals surface area contributed by atoms with Crippen LogP contribution in [0.2, 0.25) is 0 Å². The Morgan fingerprint density at radius 3 is 2.63 bits per heavy atom. The van der Waals surface area contributed by atoms with Crippen LogP contribution in [0.4, 0.5) is 5.69 Å². The molecule has 1 aromatic heterocycles. The molecular weight excluding hydrogens is 401 g/mol. The van der Waals surface area contributed by atoms with E-state index in [2.05, 4.69) is 27.3 Å². The Morgan fingerprint density at radius 2 is 2.05 bits per heavy atom. The van der Waals surface area contributed by atoms with Gasteiger partial charge in [0.25, 0.3) is 10.0 Å². The first kappa shape index (κ1) is 14.3. The summed E-state index contributed by atoms with van der Waals surface area (Å²) < 4.78 is 27.4. The highest BCUT2D eigenvalue weighted by Gasteiger charge is 2.18. The molecule has 0 saturated heterocycles. The van der Waals surface area contributed by atoms with Crippen molar-refractivity contribution in [3.63, 3.8) is 0 Å². The molecule has 0 unspecified atom stereocenters. The molecule has 0 spiro atoms. The maximum Gasteiger partial charge on any atom is 0.345 e. The van der Waals surface area contributed by atoms with E-state index in [4.69, 9.17) is 5.11 Å². The number of halogens is 1. The highest BCUT2D eigenvalue weighted by molar-refractivity contribution is 14.1. The average Bonchev–Trinajstić information content (AvgIpc) is 2.78. The normalized spacial score (nSPS) is 11.2. The van der Waals surface area contributed by atoms with Crippen LogP contribution >= 0.6 is 33.9 Å². The minimum atomic E-state index is -3.75. The number of sulfonamides is 1. The van der Waals surface area contributed by atoms with Crippen LogP contribution < -0.4 is 4.72 Å². The average molecular weight is 409 g/mol. The molecule has 0 amide bonds. The number of hydrogen-bond acceptors (Lipinski definition) is 4. The number of aromatic carboxylic acids is 1. The molecule has 0 aliphatic rings. The van der Waals surface area contributed by atoms with Gasteiger partial charge in [0.2, 0.25) is 0 Å². The Kier molecular flexibility index (Phi) is 4.11. The van der Waals surface area contributed by atoms with Crippen LogP contribution in [0.3, 0.4) is 0 Å². The Bertz CT molecular complexity index is 724. The summed E-state index contributed by atoms with van der Waals surface area (Å²) in [4.78, 5) is 10.7. The summed E-state index contributed by atoms with van der Waals surface area (Å²) in [5.74, 6) is -1.14. The van der Waals surface area contributed by atoms with Crippen LogP contribution in [0.1, 0.15) is 9.67 Å². The summed E-state index contributed by atoms with van der Waals surface area (Å²) in [6.45, 7) is 0. The number of nitrogens with one attached hydrogen (secondary N) is 1. The summed E-state index contributed by atoms with van der Waals surface area (Å²) in [5, 5.41) is 10.1. The summed E-state index contributed by atoms with van der Waals surface area (Å²) in [6, 6.07) is 8.03. The van der Waals surface area contributed by atoms with Gasteiger partial charge in [0.05, 0.1) is 4.90 Å². The molecule has 0 aliphatic heterocycles. The van der Waals surface area contributed by atoms with Crippen LogP contribution in [-0.4, -0.2) is 19.5 Å². The van der Waals surface area contributed by atoms with Gasteiger partial charge in [-0.1, -0.05) is 6.07 Å². The van der Waals surface area contributed by atoms with Crippen molar-refractivity contribution >= 4 is 55.6 Å². The van der Waals surface area contributed by atoms with E-state index in [0.29, 0.717) is 5.69 Å². The van der Waals surface area contributed by atoms with Gasteiger partial charge >= 0.3 is 5.97 Å². The van der Waals surface area contributed by atoms with E-state index < -0.39 is 16.0 Å². The number of hydrogen-bond donors (Lipinski definition) is 2. The number of carboxylic acid groups (broad SMARTS) is 1. The summed E-state index contributed by atoms with van der Waals surface area (Å²) in [5.41, 5.74) is 0.440. The first-order valence-corrected chi connectivity index (χ1v) is 8.43. The monoisotopic (exact) mass is 409 g/mol. The molecule has 100 valence electrons.